The van der Waals surface area contributed by atoms with Crippen molar-refractivity contribution in [2.24, 2.45) is 0 Å². The number of rotatable bonds is 6. The number of ketones is 3. The molecular formula is C20H21NO8S. The maximum absolute atomic E-state index is 12.6. The molecular weight excluding hydrogens is 414 g/mol. The van der Waals surface area contributed by atoms with Crippen molar-refractivity contribution in [3.05, 3.63) is 37.1 Å². The highest BCUT2D eigenvalue weighted by Gasteiger charge is 2.75. The van der Waals surface area contributed by atoms with E-state index in [2.05, 4.69) is 4.98 Å². The van der Waals surface area contributed by atoms with Crippen molar-refractivity contribution < 1.29 is 38.9 Å². The third-order valence-electron chi connectivity index (χ3n) is 5.41. The summed E-state index contributed by atoms with van der Waals surface area (Å²) in [6.45, 7) is 2.79. The second-order valence-corrected chi connectivity index (χ2v) is 8.20. The van der Waals surface area contributed by atoms with Crippen LogP contribution in [-0.2, 0) is 14.4 Å². The van der Waals surface area contributed by atoms with Crippen molar-refractivity contribution in [3.63, 3.8) is 0 Å². The monoisotopic (exact) mass is 435 g/mol. The number of furan rings is 1. The summed E-state index contributed by atoms with van der Waals surface area (Å²) in [7, 11) is 0. The van der Waals surface area contributed by atoms with Gasteiger partial charge in [0.2, 0.25) is 5.60 Å². The molecule has 0 bridgehead atoms. The second kappa shape index (κ2) is 7.62. The van der Waals surface area contributed by atoms with Crippen LogP contribution in [0.1, 0.15) is 20.8 Å². The summed E-state index contributed by atoms with van der Waals surface area (Å²) in [5.41, 5.74) is -9.12. The van der Waals surface area contributed by atoms with E-state index in [1.165, 1.54) is 24.9 Å². The maximum atomic E-state index is 12.6. The number of aliphatic hydroxyl groups is 3. The van der Waals surface area contributed by atoms with Gasteiger partial charge in [0, 0.05) is 23.1 Å². The number of carbonyl (C=O) groups excluding carboxylic acids is 3. The van der Waals surface area contributed by atoms with E-state index in [0.717, 1.165) is 32.5 Å². The van der Waals surface area contributed by atoms with Crippen molar-refractivity contribution in [2.45, 2.75) is 43.0 Å². The van der Waals surface area contributed by atoms with Gasteiger partial charge in [-0.15, -0.1) is 11.8 Å². The summed E-state index contributed by atoms with van der Waals surface area (Å²) in [5.74, 6) is -3.51. The SMILES string of the molecule is CC(=O)[C@]1(O)[C@@](O)(C(C)=O)CS[C@H](Oc2cnccc2-c2ccoc2)[C@@]1(O)C(C)=O. The molecule has 1 fully saturated rings. The molecule has 4 atom stereocenters. The van der Waals surface area contributed by atoms with Gasteiger partial charge in [-0.1, -0.05) is 0 Å². The van der Waals surface area contributed by atoms with Crippen molar-refractivity contribution in [2.75, 3.05) is 5.75 Å². The van der Waals surface area contributed by atoms with Gasteiger partial charge in [-0.25, -0.2) is 0 Å². The average Bonchev–Trinajstić information content (AvgIpc) is 3.23. The number of ether oxygens (including phenoxy) is 1. The van der Waals surface area contributed by atoms with Gasteiger partial charge in [0.05, 0.1) is 18.7 Å². The number of carbonyl (C=O) groups is 3. The number of aromatic nitrogens is 1. The molecule has 0 amide bonds. The van der Waals surface area contributed by atoms with E-state index in [9.17, 15) is 29.7 Å². The topological polar surface area (TPSA) is 147 Å². The van der Waals surface area contributed by atoms with Crippen LogP contribution in [0.3, 0.4) is 0 Å². The normalized spacial score (nSPS) is 31.2. The molecule has 0 saturated carbocycles. The molecule has 0 radical (unpaired) electrons. The first-order valence-corrected chi connectivity index (χ1v) is 10.00. The molecule has 2 aromatic rings. The first-order valence-electron chi connectivity index (χ1n) is 8.95. The van der Waals surface area contributed by atoms with Crippen LogP contribution in [0.15, 0.2) is 41.5 Å². The van der Waals surface area contributed by atoms with E-state index in [1.807, 2.05) is 0 Å². The van der Waals surface area contributed by atoms with Gasteiger partial charge in [-0.2, -0.15) is 0 Å². The fourth-order valence-electron chi connectivity index (χ4n) is 3.61. The van der Waals surface area contributed by atoms with Crippen LogP contribution in [0.25, 0.3) is 11.1 Å². The van der Waals surface area contributed by atoms with Crippen LogP contribution in [0.4, 0.5) is 0 Å². The van der Waals surface area contributed by atoms with Gasteiger partial charge in [0.25, 0.3) is 0 Å². The van der Waals surface area contributed by atoms with Gasteiger partial charge in [-0.3, -0.25) is 19.4 Å². The molecule has 3 heterocycles. The van der Waals surface area contributed by atoms with Crippen LogP contribution in [0.2, 0.25) is 0 Å². The van der Waals surface area contributed by atoms with Crippen molar-refractivity contribution in [1.29, 1.82) is 0 Å². The Labute approximate surface area is 176 Å². The Kier molecular flexibility index (Phi) is 5.63. The van der Waals surface area contributed by atoms with E-state index in [4.69, 9.17) is 9.15 Å². The van der Waals surface area contributed by atoms with E-state index in [0.29, 0.717) is 11.1 Å². The molecule has 9 nitrogen and oxygen atoms in total. The summed E-state index contributed by atoms with van der Waals surface area (Å²) in [5, 5.41) is 33.4. The van der Waals surface area contributed by atoms with E-state index in [1.54, 1.807) is 12.1 Å². The Hall–Kier alpha value is -2.53. The van der Waals surface area contributed by atoms with Crippen molar-refractivity contribution in [1.82, 2.24) is 4.98 Å². The third-order valence-corrected chi connectivity index (χ3v) is 6.74. The highest BCUT2D eigenvalue weighted by atomic mass is 32.2. The molecule has 1 aliphatic heterocycles. The minimum Gasteiger partial charge on any atom is -0.474 e. The summed E-state index contributed by atoms with van der Waals surface area (Å²) in [6, 6.07) is 3.28. The quantitative estimate of drug-likeness (QED) is 0.594. The molecule has 160 valence electrons. The summed E-state index contributed by atoms with van der Waals surface area (Å²) in [6.07, 6.45) is 5.74. The number of Topliss-reactive ketones (excluding diaryl/α,β-unsaturated/α-hetero) is 3. The number of hydrogen-bond acceptors (Lipinski definition) is 10. The molecule has 2 aromatic heterocycles. The highest BCUT2D eigenvalue weighted by molar-refractivity contribution is 8.00. The second-order valence-electron chi connectivity index (χ2n) is 7.15. The molecule has 10 heteroatoms. The molecule has 1 saturated heterocycles. The Morgan fingerprint density at radius 3 is 2.37 bits per heavy atom. The Bertz CT molecular complexity index is 992. The van der Waals surface area contributed by atoms with Gasteiger partial charge in [-0.05, 0) is 32.9 Å². The summed E-state index contributed by atoms with van der Waals surface area (Å²) >= 11 is 0.727. The molecule has 30 heavy (non-hydrogen) atoms. The molecule has 0 unspecified atom stereocenters. The molecule has 3 rings (SSSR count). The van der Waals surface area contributed by atoms with Crippen molar-refractivity contribution >= 4 is 29.1 Å². The lowest BCUT2D eigenvalue weighted by Gasteiger charge is -2.54. The lowest BCUT2D eigenvalue weighted by Crippen LogP contribution is -2.82. The minimum absolute atomic E-state index is 0.134. The van der Waals surface area contributed by atoms with Gasteiger partial charge in [0.1, 0.15) is 5.75 Å². The van der Waals surface area contributed by atoms with Gasteiger partial charge in [0.15, 0.2) is 34.0 Å². The zero-order valence-electron chi connectivity index (χ0n) is 16.5. The average molecular weight is 435 g/mol. The maximum Gasteiger partial charge on any atom is 0.208 e. The molecule has 0 aromatic carbocycles. The predicted molar refractivity (Wildman–Crippen MR) is 106 cm³/mol. The minimum atomic E-state index is -3.12. The fourth-order valence-corrected chi connectivity index (χ4v) is 5.16. The van der Waals surface area contributed by atoms with Gasteiger partial charge >= 0.3 is 0 Å². The zero-order chi connectivity index (χ0) is 22.3. The van der Waals surface area contributed by atoms with Gasteiger partial charge < -0.3 is 24.5 Å². The Balaban J connectivity index is 2.13. The lowest BCUT2D eigenvalue weighted by atomic mass is 9.65. The standard InChI is InChI=1S/C20H21NO8S/c1-11(22)18(25)10-30-17(19(26,12(2)23)20(18,27)13(3)24)29-16-8-21-6-4-15(16)14-5-7-28-9-14/h4-9,17,25-27H,10H2,1-3H3/t17-,18-,19-,20-/m0/s1. The Morgan fingerprint density at radius 1 is 1.13 bits per heavy atom. The first-order chi connectivity index (χ1) is 14.0. The van der Waals surface area contributed by atoms with Crippen LogP contribution in [0, 0.1) is 0 Å². The third kappa shape index (κ3) is 2.99. The molecule has 3 N–H and O–H groups in total. The van der Waals surface area contributed by atoms with E-state index >= 15 is 0 Å². The fraction of sp³-hybridized carbons (Fsp3) is 0.400. The number of nitrogens with zero attached hydrogens (tertiary/aromatic N) is 1. The highest BCUT2D eigenvalue weighted by Crippen LogP contribution is 2.49. The molecule has 0 aliphatic carbocycles. The zero-order valence-corrected chi connectivity index (χ0v) is 17.3. The lowest BCUT2D eigenvalue weighted by molar-refractivity contribution is -0.235. The van der Waals surface area contributed by atoms with Crippen LogP contribution >= 0.6 is 11.8 Å². The van der Waals surface area contributed by atoms with E-state index < -0.39 is 45.3 Å². The number of hydrogen-bond donors (Lipinski definition) is 3. The Morgan fingerprint density at radius 2 is 1.83 bits per heavy atom. The van der Waals surface area contributed by atoms with Crippen molar-refractivity contribution in [3.8, 4) is 16.9 Å². The van der Waals surface area contributed by atoms with E-state index in [-0.39, 0.29) is 5.75 Å². The number of thioether (sulfide) groups is 1. The molecule has 0 spiro atoms. The summed E-state index contributed by atoms with van der Waals surface area (Å²) in [4.78, 5) is 41.1. The van der Waals surface area contributed by atoms with Crippen LogP contribution in [0.5, 0.6) is 5.75 Å². The predicted octanol–water partition coefficient (Wildman–Crippen LogP) is 0.754. The van der Waals surface area contributed by atoms with Crippen LogP contribution in [-0.4, -0.2) is 65.6 Å². The number of pyridine rings is 1. The summed E-state index contributed by atoms with van der Waals surface area (Å²) < 4.78 is 10.9. The smallest absolute Gasteiger partial charge is 0.208 e. The van der Waals surface area contributed by atoms with Crippen LogP contribution < -0.4 is 4.74 Å². The largest absolute Gasteiger partial charge is 0.474 e. The first kappa shape index (κ1) is 22.2. The molecule has 1 aliphatic rings.